The summed E-state index contributed by atoms with van der Waals surface area (Å²) in [6.07, 6.45) is 6.00. The molecule has 2 saturated heterocycles. The van der Waals surface area contributed by atoms with Crippen LogP contribution in [0.4, 0.5) is 0 Å². The zero-order valence-corrected chi connectivity index (χ0v) is 15.0. The van der Waals surface area contributed by atoms with Crippen LogP contribution in [-0.4, -0.2) is 41.1 Å². The molecule has 1 aromatic heterocycles. The number of rotatable bonds is 2. The smallest absolute Gasteiger partial charge is 0.313 e. The highest BCUT2D eigenvalue weighted by molar-refractivity contribution is 5.81. The number of carbonyl (C=O) groups is 1. The maximum atomic E-state index is 13.3. The molecule has 0 amide bonds. The van der Waals surface area contributed by atoms with Crippen molar-refractivity contribution in [3.8, 4) is 0 Å². The fraction of sp³-hybridized carbons (Fsp3) is 0.750. The van der Waals surface area contributed by atoms with Crippen LogP contribution in [-0.2, 0) is 14.3 Å². The molecule has 2 N–H and O–H groups in total. The highest BCUT2D eigenvalue weighted by Gasteiger charge is 2.77. The van der Waals surface area contributed by atoms with Crippen molar-refractivity contribution >= 4 is 5.97 Å². The quantitative estimate of drug-likeness (QED) is 0.784. The minimum atomic E-state index is -0.712. The third kappa shape index (κ3) is 1.71. The van der Waals surface area contributed by atoms with Crippen LogP contribution in [0.2, 0.25) is 0 Å². The van der Waals surface area contributed by atoms with Gasteiger partial charge in [0.1, 0.15) is 11.7 Å². The zero-order chi connectivity index (χ0) is 18.2. The van der Waals surface area contributed by atoms with E-state index in [0.717, 1.165) is 24.8 Å². The first-order valence-corrected chi connectivity index (χ1v) is 9.66. The van der Waals surface area contributed by atoms with Gasteiger partial charge in [-0.25, -0.2) is 0 Å². The molecule has 1 aromatic rings. The van der Waals surface area contributed by atoms with Crippen molar-refractivity contribution in [2.24, 2.45) is 22.7 Å². The number of furan rings is 1. The lowest BCUT2D eigenvalue weighted by Gasteiger charge is -2.71. The second kappa shape index (κ2) is 5.33. The van der Waals surface area contributed by atoms with Crippen LogP contribution < -0.4 is 0 Å². The third-order valence-corrected chi connectivity index (χ3v) is 8.13. The number of fused-ring (bicyclic) bond motifs is 1. The summed E-state index contributed by atoms with van der Waals surface area (Å²) in [5, 5.41) is 21.2. The van der Waals surface area contributed by atoms with Crippen molar-refractivity contribution < 1.29 is 28.9 Å². The molecule has 0 bridgehead atoms. The van der Waals surface area contributed by atoms with Crippen molar-refractivity contribution in [2.75, 3.05) is 13.2 Å². The van der Waals surface area contributed by atoms with Crippen molar-refractivity contribution in [3.05, 3.63) is 24.2 Å². The number of aliphatic hydroxyl groups excluding tert-OH is 2. The molecule has 4 fully saturated rings. The molecule has 142 valence electrons. The minimum Gasteiger partial charge on any atom is -0.472 e. The van der Waals surface area contributed by atoms with Crippen LogP contribution >= 0.6 is 0 Å². The lowest BCUT2D eigenvalue weighted by Crippen LogP contribution is -2.79. The fourth-order valence-electron chi connectivity index (χ4n) is 6.74. The summed E-state index contributed by atoms with van der Waals surface area (Å²) in [5.74, 6) is -0.173. The van der Waals surface area contributed by atoms with Gasteiger partial charge in [0.2, 0.25) is 0 Å². The molecular weight excluding hydrogens is 336 g/mol. The molecule has 5 rings (SSSR count). The predicted octanol–water partition coefficient (Wildman–Crippen LogP) is 2.20. The van der Waals surface area contributed by atoms with Crippen LogP contribution in [0, 0.1) is 22.7 Å². The third-order valence-electron chi connectivity index (χ3n) is 8.13. The van der Waals surface area contributed by atoms with Crippen LogP contribution in [0.25, 0.3) is 0 Å². The molecule has 2 aliphatic heterocycles. The van der Waals surface area contributed by atoms with Gasteiger partial charge in [0.15, 0.2) is 0 Å². The van der Waals surface area contributed by atoms with Gasteiger partial charge in [0.05, 0.1) is 42.7 Å². The van der Waals surface area contributed by atoms with E-state index in [1.165, 1.54) is 0 Å². The summed E-state index contributed by atoms with van der Waals surface area (Å²) < 4.78 is 16.9. The van der Waals surface area contributed by atoms with E-state index in [4.69, 9.17) is 13.9 Å². The Kier molecular flexibility index (Phi) is 3.44. The molecule has 2 saturated carbocycles. The fourth-order valence-corrected chi connectivity index (χ4v) is 6.74. The molecule has 0 radical (unpaired) electrons. The Morgan fingerprint density at radius 3 is 2.88 bits per heavy atom. The number of hydrogen-bond acceptors (Lipinski definition) is 6. The van der Waals surface area contributed by atoms with E-state index in [9.17, 15) is 15.0 Å². The summed E-state index contributed by atoms with van der Waals surface area (Å²) in [7, 11) is 0. The van der Waals surface area contributed by atoms with E-state index < -0.39 is 22.5 Å². The van der Waals surface area contributed by atoms with Gasteiger partial charge >= 0.3 is 5.97 Å². The largest absolute Gasteiger partial charge is 0.472 e. The maximum Gasteiger partial charge on any atom is 0.313 e. The molecule has 26 heavy (non-hydrogen) atoms. The Hall–Kier alpha value is -1.37. The molecule has 2 spiro atoms. The molecule has 0 aromatic carbocycles. The molecule has 0 unspecified atom stereocenters. The molecule has 7 atom stereocenters. The van der Waals surface area contributed by atoms with E-state index in [1.807, 2.05) is 6.07 Å². The molecular formula is C20H26O6. The van der Waals surface area contributed by atoms with E-state index in [0.29, 0.717) is 19.4 Å². The van der Waals surface area contributed by atoms with Crippen LogP contribution in [0.3, 0.4) is 0 Å². The minimum absolute atomic E-state index is 0.0209. The Morgan fingerprint density at radius 2 is 2.23 bits per heavy atom. The summed E-state index contributed by atoms with van der Waals surface area (Å²) in [6.45, 7) is 2.37. The number of aliphatic hydroxyl groups is 2. The predicted molar refractivity (Wildman–Crippen MR) is 89.9 cm³/mol. The first-order chi connectivity index (χ1) is 12.5. The highest BCUT2D eigenvalue weighted by Crippen LogP contribution is 2.71. The highest BCUT2D eigenvalue weighted by atomic mass is 16.6. The molecule has 6 nitrogen and oxygen atoms in total. The maximum absolute atomic E-state index is 13.3. The van der Waals surface area contributed by atoms with Crippen molar-refractivity contribution in [1.82, 2.24) is 0 Å². The zero-order valence-electron chi connectivity index (χ0n) is 15.0. The summed E-state index contributed by atoms with van der Waals surface area (Å²) in [4.78, 5) is 13.3. The van der Waals surface area contributed by atoms with Gasteiger partial charge in [0, 0.05) is 12.0 Å². The first kappa shape index (κ1) is 16.8. The van der Waals surface area contributed by atoms with Crippen LogP contribution in [0.5, 0.6) is 0 Å². The first-order valence-electron chi connectivity index (χ1n) is 9.66. The van der Waals surface area contributed by atoms with Crippen molar-refractivity contribution in [1.29, 1.82) is 0 Å². The van der Waals surface area contributed by atoms with Gasteiger partial charge in [-0.15, -0.1) is 0 Å². The van der Waals surface area contributed by atoms with E-state index >= 15 is 0 Å². The monoisotopic (exact) mass is 362 g/mol. The number of hydrogen-bond donors (Lipinski definition) is 2. The Bertz CT molecular complexity index is 712. The standard InChI is InChI=1S/C20H26O6/c1-12-7-16(22)20-11-25-18(20,10-21)5-2-3-15(20)19(12)8-14(26-17(19)23)13-4-6-24-9-13/h4,6,9,12,14-16,21-22H,2-3,5,7-8,10-11H2,1H3/t12-,14-,15+,16-,18+,19-,20+/m0/s1. The second-order valence-electron chi connectivity index (χ2n) is 8.77. The van der Waals surface area contributed by atoms with Gasteiger partial charge in [-0.3, -0.25) is 4.79 Å². The van der Waals surface area contributed by atoms with E-state index in [1.54, 1.807) is 12.5 Å². The molecule has 3 heterocycles. The van der Waals surface area contributed by atoms with E-state index in [-0.39, 0.29) is 30.5 Å². The summed E-state index contributed by atoms with van der Waals surface area (Å²) in [6, 6.07) is 1.85. The molecule has 4 aliphatic rings. The van der Waals surface area contributed by atoms with Gasteiger partial charge in [0.25, 0.3) is 0 Å². The number of cyclic esters (lactones) is 1. The SMILES string of the molecule is C[C@H]1C[C@H](O)[C@]23CO[C@@]2(CO)CCC[C@@H]3[C@]12C[C@@H](c1ccoc1)OC2=O. The second-order valence-corrected chi connectivity index (χ2v) is 8.77. The lowest BCUT2D eigenvalue weighted by molar-refractivity contribution is -0.373. The Balaban J connectivity index is 1.59. The normalized spacial score (nSPS) is 50.0. The number of esters is 1. The molecule has 2 aliphatic carbocycles. The van der Waals surface area contributed by atoms with Gasteiger partial charge in [-0.1, -0.05) is 13.3 Å². The average molecular weight is 362 g/mol. The summed E-state index contributed by atoms with van der Waals surface area (Å²) >= 11 is 0. The Labute approximate surface area is 152 Å². The van der Waals surface area contributed by atoms with Gasteiger partial charge in [-0.05, 0) is 37.2 Å². The lowest BCUT2D eigenvalue weighted by atomic mass is 9.40. The van der Waals surface area contributed by atoms with E-state index in [2.05, 4.69) is 6.92 Å². The molecule has 6 heteroatoms. The topological polar surface area (TPSA) is 89.1 Å². The van der Waals surface area contributed by atoms with Crippen LogP contribution in [0.15, 0.2) is 23.0 Å². The van der Waals surface area contributed by atoms with Gasteiger partial charge < -0.3 is 24.1 Å². The average Bonchev–Trinajstić information content (AvgIpc) is 3.23. The van der Waals surface area contributed by atoms with Crippen molar-refractivity contribution in [2.45, 2.75) is 56.8 Å². The number of ether oxygens (including phenoxy) is 2. The van der Waals surface area contributed by atoms with Crippen molar-refractivity contribution in [3.63, 3.8) is 0 Å². The summed E-state index contributed by atoms with van der Waals surface area (Å²) in [5.41, 5.74) is -1.00. The van der Waals surface area contributed by atoms with Gasteiger partial charge in [-0.2, -0.15) is 0 Å². The van der Waals surface area contributed by atoms with Crippen LogP contribution in [0.1, 0.15) is 50.7 Å². The number of carbonyl (C=O) groups excluding carboxylic acids is 1. The Morgan fingerprint density at radius 1 is 1.38 bits per heavy atom.